The van der Waals surface area contributed by atoms with Gasteiger partial charge in [0, 0.05) is 5.56 Å². The molecule has 1 amide bonds. The Morgan fingerprint density at radius 3 is 2.48 bits per heavy atom. The second kappa shape index (κ2) is 7.98. The highest BCUT2D eigenvalue weighted by Gasteiger charge is 2.33. The van der Waals surface area contributed by atoms with Crippen LogP contribution in [-0.2, 0) is 6.18 Å². The van der Waals surface area contributed by atoms with Crippen molar-refractivity contribution in [2.75, 3.05) is 4.90 Å². The van der Waals surface area contributed by atoms with Gasteiger partial charge in [-0.3, -0.25) is 9.69 Å². The van der Waals surface area contributed by atoms with Crippen LogP contribution >= 0.6 is 22.9 Å². The zero-order chi connectivity index (χ0) is 22.3. The number of amides is 1. The Labute approximate surface area is 185 Å². The fraction of sp³-hybridized carbons (Fsp3) is 0.130. The molecule has 0 saturated heterocycles. The zero-order valence-corrected chi connectivity index (χ0v) is 18.1. The van der Waals surface area contributed by atoms with E-state index in [-0.39, 0.29) is 15.8 Å². The van der Waals surface area contributed by atoms with Crippen LogP contribution in [0.1, 0.15) is 27.0 Å². The van der Waals surface area contributed by atoms with Gasteiger partial charge in [0.2, 0.25) is 0 Å². The molecule has 1 aromatic heterocycles. The molecule has 0 saturated carbocycles. The molecule has 0 fully saturated rings. The molecule has 0 atom stereocenters. The zero-order valence-electron chi connectivity index (χ0n) is 16.5. The highest BCUT2D eigenvalue weighted by Crippen LogP contribution is 2.41. The number of nitrogens with zero attached hydrogens (tertiary/aromatic N) is 2. The summed E-state index contributed by atoms with van der Waals surface area (Å²) in [4.78, 5) is 19.3. The number of benzene rings is 3. The van der Waals surface area contributed by atoms with Crippen molar-refractivity contribution in [1.82, 2.24) is 4.98 Å². The van der Waals surface area contributed by atoms with Crippen LogP contribution in [0.25, 0.3) is 10.2 Å². The Morgan fingerprint density at radius 2 is 1.77 bits per heavy atom. The Balaban J connectivity index is 1.96. The molecule has 31 heavy (non-hydrogen) atoms. The Hall–Kier alpha value is -2.90. The third-order valence-corrected chi connectivity index (χ3v) is 6.37. The van der Waals surface area contributed by atoms with Gasteiger partial charge in [0.1, 0.15) is 0 Å². The maximum atomic E-state index is 13.7. The normalized spacial score (nSPS) is 11.7. The number of aryl methyl sites for hydroxylation is 1. The van der Waals surface area contributed by atoms with Crippen LogP contribution in [0.2, 0.25) is 5.02 Å². The topological polar surface area (TPSA) is 33.2 Å². The average molecular weight is 461 g/mol. The maximum Gasteiger partial charge on any atom is 0.416 e. The minimum absolute atomic E-state index is 0.0194. The van der Waals surface area contributed by atoms with Gasteiger partial charge in [-0.1, -0.05) is 47.2 Å². The van der Waals surface area contributed by atoms with E-state index in [2.05, 4.69) is 4.98 Å². The van der Waals surface area contributed by atoms with Gasteiger partial charge >= 0.3 is 6.18 Å². The summed E-state index contributed by atoms with van der Waals surface area (Å²) in [6, 6.07) is 15.4. The summed E-state index contributed by atoms with van der Waals surface area (Å²) in [5.41, 5.74) is 1.68. The molecule has 0 aliphatic rings. The molecule has 0 radical (unpaired) electrons. The lowest BCUT2D eigenvalue weighted by molar-refractivity contribution is -0.137. The predicted octanol–water partition coefficient (Wildman–Crippen LogP) is 7.56. The lowest BCUT2D eigenvalue weighted by Crippen LogP contribution is -2.27. The van der Waals surface area contributed by atoms with E-state index >= 15 is 0 Å². The molecule has 0 aliphatic carbocycles. The summed E-state index contributed by atoms with van der Waals surface area (Å²) >= 11 is 7.52. The van der Waals surface area contributed by atoms with Gasteiger partial charge in [0.05, 0.1) is 26.5 Å². The van der Waals surface area contributed by atoms with Crippen molar-refractivity contribution in [2.24, 2.45) is 0 Å². The summed E-state index contributed by atoms with van der Waals surface area (Å²) in [6.45, 7) is 3.66. The first-order valence-electron chi connectivity index (χ1n) is 9.30. The largest absolute Gasteiger partial charge is 0.416 e. The number of rotatable bonds is 3. The number of alkyl halides is 3. The van der Waals surface area contributed by atoms with Crippen molar-refractivity contribution in [2.45, 2.75) is 20.0 Å². The number of thiazole rings is 1. The van der Waals surface area contributed by atoms with E-state index in [1.54, 1.807) is 31.2 Å². The third kappa shape index (κ3) is 4.03. The maximum absolute atomic E-state index is 13.7. The molecule has 8 heteroatoms. The van der Waals surface area contributed by atoms with Gasteiger partial charge in [-0.15, -0.1) is 0 Å². The van der Waals surface area contributed by atoms with E-state index in [4.69, 9.17) is 11.6 Å². The molecule has 158 valence electrons. The fourth-order valence-electron chi connectivity index (χ4n) is 3.22. The molecule has 0 bridgehead atoms. The van der Waals surface area contributed by atoms with E-state index in [0.29, 0.717) is 11.1 Å². The lowest BCUT2D eigenvalue weighted by Gasteiger charge is -2.23. The number of fused-ring (bicyclic) bond motifs is 1. The van der Waals surface area contributed by atoms with Crippen molar-refractivity contribution in [3.63, 3.8) is 0 Å². The van der Waals surface area contributed by atoms with Crippen LogP contribution in [-0.4, -0.2) is 10.9 Å². The van der Waals surface area contributed by atoms with Crippen LogP contribution < -0.4 is 4.90 Å². The number of halogens is 4. The number of carbonyl (C=O) groups excluding carboxylic acids is 1. The molecular weight excluding hydrogens is 445 g/mol. The Morgan fingerprint density at radius 1 is 1.03 bits per heavy atom. The monoisotopic (exact) mass is 460 g/mol. The highest BCUT2D eigenvalue weighted by molar-refractivity contribution is 7.22. The molecule has 1 heterocycles. The first-order chi connectivity index (χ1) is 14.7. The summed E-state index contributed by atoms with van der Waals surface area (Å²) in [5.74, 6) is -0.499. The van der Waals surface area contributed by atoms with Gasteiger partial charge < -0.3 is 0 Å². The predicted molar refractivity (Wildman–Crippen MR) is 118 cm³/mol. The third-order valence-electron chi connectivity index (χ3n) is 5.03. The SMILES string of the molecule is Cc1cccc(C(=O)N(c2nc3ccccc3s2)c2cc(C(F)(F)F)ccc2Cl)c1C. The minimum atomic E-state index is -4.58. The van der Waals surface area contributed by atoms with Crippen molar-refractivity contribution in [3.05, 3.63) is 87.9 Å². The molecule has 3 aromatic carbocycles. The standard InChI is InChI=1S/C23H16ClF3N2OS/c1-13-6-5-7-16(14(13)2)21(30)29(22-28-18-8-3-4-9-20(18)31-22)19-12-15(23(25,26)27)10-11-17(19)24/h3-12H,1-2H3. The van der Waals surface area contributed by atoms with E-state index < -0.39 is 17.6 Å². The van der Waals surface area contributed by atoms with Crippen molar-refractivity contribution in [3.8, 4) is 0 Å². The van der Waals surface area contributed by atoms with E-state index in [0.717, 1.165) is 34.0 Å². The summed E-state index contributed by atoms with van der Waals surface area (Å²) in [6.07, 6.45) is -4.58. The van der Waals surface area contributed by atoms with Crippen molar-refractivity contribution < 1.29 is 18.0 Å². The number of anilines is 2. The lowest BCUT2D eigenvalue weighted by atomic mass is 10.0. The van der Waals surface area contributed by atoms with Gasteiger partial charge in [0.25, 0.3) is 5.91 Å². The van der Waals surface area contributed by atoms with Gasteiger partial charge in [-0.2, -0.15) is 13.2 Å². The second-order valence-electron chi connectivity index (χ2n) is 7.02. The van der Waals surface area contributed by atoms with Crippen LogP contribution in [0, 0.1) is 13.8 Å². The molecule has 0 spiro atoms. The molecular formula is C23H16ClF3N2OS. The van der Waals surface area contributed by atoms with Crippen molar-refractivity contribution >= 4 is 49.9 Å². The number of hydrogen-bond donors (Lipinski definition) is 0. The molecule has 0 N–H and O–H groups in total. The highest BCUT2D eigenvalue weighted by atomic mass is 35.5. The number of para-hydroxylation sites is 1. The average Bonchev–Trinajstić information content (AvgIpc) is 3.14. The fourth-order valence-corrected chi connectivity index (χ4v) is 4.40. The van der Waals surface area contributed by atoms with E-state index in [9.17, 15) is 18.0 Å². The Bertz CT molecular complexity index is 1270. The van der Waals surface area contributed by atoms with Crippen LogP contribution in [0.4, 0.5) is 24.0 Å². The van der Waals surface area contributed by atoms with Gasteiger partial charge in [0.15, 0.2) is 5.13 Å². The summed E-state index contributed by atoms with van der Waals surface area (Å²) in [5, 5.41) is 0.263. The van der Waals surface area contributed by atoms with E-state index in [1.165, 1.54) is 16.2 Å². The number of hydrogen-bond acceptors (Lipinski definition) is 3. The molecule has 0 aliphatic heterocycles. The number of carbonyl (C=O) groups is 1. The molecule has 4 aromatic rings. The minimum Gasteiger partial charge on any atom is -0.268 e. The van der Waals surface area contributed by atoms with Crippen LogP contribution in [0.15, 0.2) is 60.7 Å². The van der Waals surface area contributed by atoms with Crippen molar-refractivity contribution in [1.29, 1.82) is 0 Å². The summed E-state index contributed by atoms with van der Waals surface area (Å²) in [7, 11) is 0. The van der Waals surface area contributed by atoms with Crippen LogP contribution in [0.3, 0.4) is 0 Å². The van der Waals surface area contributed by atoms with Crippen LogP contribution in [0.5, 0.6) is 0 Å². The second-order valence-corrected chi connectivity index (χ2v) is 8.43. The molecule has 3 nitrogen and oxygen atoms in total. The first kappa shape index (κ1) is 21.3. The molecule has 0 unspecified atom stereocenters. The van der Waals surface area contributed by atoms with E-state index in [1.807, 2.05) is 25.1 Å². The Kier molecular flexibility index (Phi) is 5.49. The quantitative estimate of drug-likeness (QED) is 0.316. The smallest absolute Gasteiger partial charge is 0.268 e. The summed E-state index contributed by atoms with van der Waals surface area (Å²) < 4.78 is 41.0. The van der Waals surface area contributed by atoms with Gasteiger partial charge in [-0.05, 0) is 61.4 Å². The van der Waals surface area contributed by atoms with Gasteiger partial charge in [-0.25, -0.2) is 4.98 Å². The first-order valence-corrected chi connectivity index (χ1v) is 10.5. The number of aromatic nitrogens is 1. The molecule has 4 rings (SSSR count).